The molecule has 1 saturated heterocycles. The Hall–Kier alpha value is -3.52. The number of piperazine rings is 1. The Morgan fingerprint density at radius 3 is 2.27 bits per heavy atom. The Labute approximate surface area is 191 Å². The summed E-state index contributed by atoms with van der Waals surface area (Å²) in [6.07, 6.45) is 0.762. The molecule has 0 saturated carbocycles. The number of hydrogen-bond acceptors (Lipinski definition) is 6. The third-order valence-corrected chi connectivity index (χ3v) is 6.42. The van der Waals surface area contributed by atoms with Crippen molar-refractivity contribution in [3.63, 3.8) is 0 Å². The van der Waals surface area contributed by atoms with Gasteiger partial charge in [0, 0.05) is 68.3 Å². The van der Waals surface area contributed by atoms with Crippen molar-refractivity contribution in [2.45, 2.75) is 26.3 Å². The van der Waals surface area contributed by atoms with Crippen LogP contribution in [0.3, 0.4) is 0 Å². The molecule has 2 aromatic carbocycles. The quantitative estimate of drug-likeness (QED) is 0.541. The van der Waals surface area contributed by atoms with Gasteiger partial charge in [-0.25, -0.2) is 0 Å². The van der Waals surface area contributed by atoms with Gasteiger partial charge in [0.25, 0.3) is 11.8 Å². The molecule has 3 heterocycles. The lowest BCUT2D eigenvalue weighted by Gasteiger charge is -2.34. The van der Waals surface area contributed by atoms with E-state index in [0.29, 0.717) is 43.6 Å². The van der Waals surface area contributed by atoms with Crippen LogP contribution in [0.1, 0.15) is 45.0 Å². The van der Waals surface area contributed by atoms with Gasteiger partial charge in [0.1, 0.15) is 5.76 Å². The van der Waals surface area contributed by atoms with Gasteiger partial charge in [0.15, 0.2) is 0 Å². The van der Waals surface area contributed by atoms with Crippen LogP contribution in [0.15, 0.2) is 47.0 Å². The molecule has 0 aliphatic carbocycles. The van der Waals surface area contributed by atoms with Crippen molar-refractivity contribution in [2.75, 3.05) is 32.7 Å². The maximum Gasteiger partial charge on any atom is 0.261 e. The number of rotatable bonds is 6. The summed E-state index contributed by atoms with van der Waals surface area (Å²) in [4.78, 5) is 44.1. The summed E-state index contributed by atoms with van der Waals surface area (Å²) in [6, 6.07) is 12.9. The van der Waals surface area contributed by atoms with E-state index in [-0.39, 0.29) is 24.3 Å². The molecule has 3 amide bonds. The van der Waals surface area contributed by atoms with E-state index in [9.17, 15) is 14.4 Å². The fraction of sp³-hybridized carbons (Fsp3) is 0.360. The van der Waals surface area contributed by atoms with Crippen molar-refractivity contribution in [1.29, 1.82) is 0 Å². The van der Waals surface area contributed by atoms with Gasteiger partial charge in [0.2, 0.25) is 5.91 Å². The molecule has 2 aliphatic heterocycles. The molecule has 1 fully saturated rings. The van der Waals surface area contributed by atoms with E-state index in [2.05, 4.69) is 10.1 Å². The average Bonchev–Trinajstić information content (AvgIpc) is 3.24. The Kier molecular flexibility index (Phi) is 5.68. The lowest BCUT2D eigenvalue weighted by atomic mass is 9.94. The minimum Gasteiger partial charge on any atom is -0.361 e. The molecular formula is C25H26N4O4. The minimum atomic E-state index is -0.284. The molecule has 0 unspecified atom stereocenters. The summed E-state index contributed by atoms with van der Waals surface area (Å²) in [7, 11) is 0. The van der Waals surface area contributed by atoms with E-state index in [0.717, 1.165) is 35.3 Å². The van der Waals surface area contributed by atoms with Crippen molar-refractivity contribution in [2.24, 2.45) is 0 Å². The van der Waals surface area contributed by atoms with E-state index in [4.69, 9.17) is 4.52 Å². The Bertz CT molecular complexity index is 1180. The normalized spacial score (nSPS) is 16.6. The number of benzene rings is 2. The molecule has 1 aromatic heterocycles. The van der Waals surface area contributed by atoms with E-state index < -0.39 is 0 Å². The van der Waals surface area contributed by atoms with Crippen LogP contribution in [-0.2, 0) is 11.3 Å². The fourth-order valence-electron chi connectivity index (χ4n) is 4.71. The number of amides is 3. The first-order valence-electron chi connectivity index (χ1n) is 11.3. The zero-order valence-corrected chi connectivity index (χ0v) is 18.6. The number of carbonyl (C=O) groups is 3. The summed E-state index contributed by atoms with van der Waals surface area (Å²) < 4.78 is 5.12. The van der Waals surface area contributed by atoms with Crippen LogP contribution in [0.5, 0.6) is 0 Å². The molecule has 0 bridgehead atoms. The Balaban J connectivity index is 1.14. The van der Waals surface area contributed by atoms with E-state index in [1.807, 2.05) is 42.2 Å². The summed E-state index contributed by atoms with van der Waals surface area (Å²) in [5.41, 5.74) is 2.00. The summed E-state index contributed by atoms with van der Waals surface area (Å²) in [5.74, 6) is 0.290. The predicted molar refractivity (Wildman–Crippen MR) is 122 cm³/mol. The molecule has 0 spiro atoms. The van der Waals surface area contributed by atoms with Crippen molar-refractivity contribution < 1.29 is 18.9 Å². The van der Waals surface area contributed by atoms with Gasteiger partial charge in [-0.3, -0.25) is 24.2 Å². The maximum absolute atomic E-state index is 13.0. The summed E-state index contributed by atoms with van der Waals surface area (Å²) >= 11 is 0. The second-order valence-electron chi connectivity index (χ2n) is 8.66. The average molecular weight is 447 g/mol. The number of aryl methyl sites for hydroxylation is 1. The number of carbonyl (C=O) groups excluding carboxylic acids is 3. The minimum absolute atomic E-state index is 0.0614. The number of hydrogen-bond donors (Lipinski definition) is 0. The highest BCUT2D eigenvalue weighted by Crippen LogP contribution is 2.30. The van der Waals surface area contributed by atoms with Gasteiger partial charge in [0.05, 0.1) is 5.69 Å². The molecule has 33 heavy (non-hydrogen) atoms. The molecule has 8 heteroatoms. The van der Waals surface area contributed by atoms with Crippen LogP contribution >= 0.6 is 0 Å². The highest BCUT2D eigenvalue weighted by atomic mass is 16.5. The van der Waals surface area contributed by atoms with Gasteiger partial charge in [-0.1, -0.05) is 29.4 Å². The van der Waals surface area contributed by atoms with Crippen molar-refractivity contribution >= 4 is 28.5 Å². The molecule has 0 radical (unpaired) electrons. The number of nitrogens with zero attached hydrogens (tertiary/aromatic N) is 4. The van der Waals surface area contributed by atoms with Crippen LogP contribution < -0.4 is 0 Å². The Morgan fingerprint density at radius 1 is 1.00 bits per heavy atom. The maximum atomic E-state index is 13.0. The number of imide groups is 1. The smallest absolute Gasteiger partial charge is 0.261 e. The first kappa shape index (κ1) is 21.3. The zero-order chi connectivity index (χ0) is 22.9. The Morgan fingerprint density at radius 2 is 1.67 bits per heavy atom. The standard InChI is InChI=1S/C25H26N4O4/c1-17-15-19(26-33-17)16-27-11-13-28(14-12-27)22(30)9-4-10-29-24(31)20-7-2-5-18-6-3-8-21(23(18)20)25(29)32/h2-3,5-8,15H,4,9-14,16H2,1H3. The topological polar surface area (TPSA) is 87.0 Å². The molecule has 0 atom stereocenters. The van der Waals surface area contributed by atoms with Crippen LogP contribution in [0, 0.1) is 6.92 Å². The molecule has 5 rings (SSSR count). The largest absolute Gasteiger partial charge is 0.361 e. The first-order chi connectivity index (χ1) is 16.0. The van der Waals surface area contributed by atoms with Crippen LogP contribution in [-0.4, -0.2) is 70.3 Å². The van der Waals surface area contributed by atoms with E-state index in [1.54, 1.807) is 12.1 Å². The highest BCUT2D eigenvalue weighted by Gasteiger charge is 2.32. The van der Waals surface area contributed by atoms with Crippen LogP contribution in [0.4, 0.5) is 0 Å². The third-order valence-electron chi connectivity index (χ3n) is 6.42. The first-order valence-corrected chi connectivity index (χ1v) is 11.3. The van der Waals surface area contributed by atoms with Crippen LogP contribution in [0.25, 0.3) is 10.8 Å². The lowest BCUT2D eigenvalue weighted by molar-refractivity contribution is -0.133. The molecular weight excluding hydrogens is 420 g/mol. The fourth-order valence-corrected chi connectivity index (χ4v) is 4.71. The van der Waals surface area contributed by atoms with Crippen molar-refractivity contribution in [3.05, 3.63) is 65.0 Å². The number of aromatic nitrogens is 1. The summed E-state index contributed by atoms with van der Waals surface area (Å²) in [5, 5.41) is 5.64. The molecule has 3 aromatic rings. The van der Waals surface area contributed by atoms with Gasteiger partial charge >= 0.3 is 0 Å². The van der Waals surface area contributed by atoms with E-state index in [1.165, 1.54) is 4.90 Å². The van der Waals surface area contributed by atoms with Gasteiger partial charge in [-0.2, -0.15) is 0 Å². The molecule has 2 aliphatic rings. The highest BCUT2D eigenvalue weighted by molar-refractivity contribution is 6.25. The van der Waals surface area contributed by atoms with Crippen molar-refractivity contribution in [3.8, 4) is 0 Å². The van der Waals surface area contributed by atoms with Gasteiger partial charge in [-0.15, -0.1) is 0 Å². The molecule has 0 N–H and O–H groups in total. The summed E-state index contributed by atoms with van der Waals surface area (Å²) in [6.45, 7) is 5.70. The zero-order valence-electron chi connectivity index (χ0n) is 18.6. The monoisotopic (exact) mass is 446 g/mol. The van der Waals surface area contributed by atoms with E-state index >= 15 is 0 Å². The lowest BCUT2D eigenvalue weighted by Crippen LogP contribution is -2.48. The van der Waals surface area contributed by atoms with Gasteiger partial charge < -0.3 is 9.42 Å². The third kappa shape index (κ3) is 4.14. The van der Waals surface area contributed by atoms with Gasteiger partial charge in [-0.05, 0) is 30.9 Å². The SMILES string of the molecule is Cc1cc(CN2CCN(C(=O)CCCN3C(=O)c4cccc5cccc(c45)C3=O)CC2)no1. The second kappa shape index (κ2) is 8.78. The molecule has 170 valence electrons. The predicted octanol–water partition coefficient (Wildman–Crippen LogP) is 2.86. The molecule has 8 nitrogen and oxygen atoms in total. The van der Waals surface area contributed by atoms with Crippen molar-refractivity contribution in [1.82, 2.24) is 19.9 Å². The second-order valence-corrected chi connectivity index (χ2v) is 8.66. The van der Waals surface area contributed by atoms with Crippen LogP contribution in [0.2, 0.25) is 0 Å².